The van der Waals surface area contributed by atoms with E-state index in [4.69, 9.17) is 11.6 Å². The average molecular weight is 286 g/mol. The third-order valence-electron chi connectivity index (χ3n) is 3.52. The molecule has 5 nitrogen and oxygen atoms in total. The van der Waals surface area contributed by atoms with Crippen molar-refractivity contribution in [3.8, 4) is 0 Å². The highest BCUT2D eigenvalue weighted by Gasteiger charge is 2.18. The molecule has 1 aromatic rings. The lowest BCUT2D eigenvalue weighted by atomic mass is 10.1. The smallest absolute Gasteiger partial charge is 0.231 e. The summed E-state index contributed by atoms with van der Waals surface area (Å²) < 4.78 is 0. The molecule has 1 rings (SSSR count). The van der Waals surface area contributed by atoms with Crippen molar-refractivity contribution in [1.82, 2.24) is 15.0 Å². The molecule has 0 saturated carbocycles. The first-order valence-corrected chi connectivity index (χ1v) is 7.17. The van der Waals surface area contributed by atoms with Gasteiger partial charge in [-0.15, -0.1) is 0 Å². The zero-order chi connectivity index (χ0) is 14.6. The van der Waals surface area contributed by atoms with Crippen molar-refractivity contribution in [3.63, 3.8) is 0 Å². The minimum atomic E-state index is 0.245. The molecule has 1 heterocycles. The minimum Gasteiger partial charge on any atom is -0.341 e. The van der Waals surface area contributed by atoms with E-state index in [2.05, 4.69) is 54.5 Å². The normalized spacial score (nSPS) is 12.6. The second-order valence-electron chi connectivity index (χ2n) is 4.97. The lowest BCUT2D eigenvalue weighted by molar-refractivity contribution is 0.498. The molecule has 1 aromatic heterocycles. The van der Waals surface area contributed by atoms with Gasteiger partial charge in [0.25, 0.3) is 0 Å². The highest BCUT2D eigenvalue weighted by atomic mass is 35.5. The fourth-order valence-electron chi connectivity index (χ4n) is 1.76. The van der Waals surface area contributed by atoms with Crippen molar-refractivity contribution >= 4 is 23.5 Å². The molecule has 0 N–H and O–H groups in total. The molecule has 6 heteroatoms. The van der Waals surface area contributed by atoms with Gasteiger partial charge in [0.2, 0.25) is 17.2 Å². The summed E-state index contributed by atoms with van der Waals surface area (Å²) in [6.45, 7) is 12.3. The highest BCUT2D eigenvalue weighted by Crippen LogP contribution is 2.19. The van der Waals surface area contributed by atoms with Crippen LogP contribution in [0.5, 0.6) is 0 Å². The van der Waals surface area contributed by atoms with E-state index in [9.17, 15) is 0 Å². The van der Waals surface area contributed by atoms with Gasteiger partial charge >= 0.3 is 0 Å². The SMILES string of the molecule is CCN(CC)c1nc(Cl)nc(N(C)C(C)C(C)C)n1. The van der Waals surface area contributed by atoms with Crippen LogP contribution in [0.2, 0.25) is 5.28 Å². The maximum absolute atomic E-state index is 6.02. The fraction of sp³-hybridized carbons (Fsp3) is 0.769. The molecule has 0 amide bonds. The molecule has 0 radical (unpaired) electrons. The van der Waals surface area contributed by atoms with E-state index in [1.807, 2.05) is 11.9 Å². The Morgan fingerprint density at radius 1 is 1.00 bits per heavy atom. The Morgan fingerprint density at radius 2 is 1.53 bits per heavy atom. The third kappa shape index (κ3) is 3.93. The van der Waals surface area contributed by atoms with Crippen LogP contribution in [-0.4, -0.2) is 41.1 Å². The van der Waals surface area contributed by atoms with Gasteiger partial charge in [0, 0.05) is 26.2 Å². The number of halogens is 1. The van der Waals surface area contributed by atoms with E-state index < -0.39 is 0 Å². The van der Waals surface area contributed by atoms with Crippen LogP contribution in [-0.2, 0) is 0 Å². The molecule has 0 aliphatic rings. The molecule has 0 aliphatic heterocycles. The quantitative estimate of drug-likeness (QED) is 0.804. The molecule has 0 bridgehead atoms. The molecule has 0 aromatic carbocycles. The lowest BCUT2D eigenvalue weighted by Gasteiger charge is -2.28. The molecule has 0 fully saturated rings. The number of nitrogens with zero attached hydrogens (tertiary/aromatic N) is 5. The first kappa shape index (κ1) is 16.0. The van der Waals surface area contributed by atoms with Crippen molar-refractivity contribution in [2.45, 2.75) is 40.7 Å². The predicted molar refractivity (Wildman–Crippen MR) is 81.1 cm³/mol. The summed E-state index contributed by atoms with van der Waals surface area (Å²) >= 11 is 6.02. The molecule has 1 atom stereocenters. The van der Waals surface area contributed by atoms with Gasteiger partial charge in [-0.25, -0.2) is 0 Å². The van der Waals surface area contributed by atoms with Gasteiger partial charge in [0.15, 0.2) is 0 Å². The van der Waals surface area contributed by atoms with Crippen LogP contribution in [0.4, 0.5) is 11.9 Å². The Morgan fingerprint density at radius 3 is 2.00 bits per heavy atom. The molecule has 0 spiro atoms. The van der Waals surface area contributed by atoms with E-state index in [0.717, 1.165) is 13.1 Å². The first-order chi connectivity index (χ1) is 8.90. The number of anilines is 2. The van der Waals surface area contributed by atoms with Gasteiger partial charge in [-0.1, -0.05) is 13.8 Å². The molecule has 19 heavy (non-hydrogen) atoms. The van der Waals surface area contributed by atoms with Crippen LogP contribution in [0.1, 0.15) is 34.6 Å². The summed E-state index contributed by atoms with van der Waals surface area (Å²) in [7, 11) is 1.99. The first-order valence-electron chi connectivity index (χ1n) is 6.80. The summed E-state index contributed by atoms with van der Waals surface area (Å²) in [6, 6.07) is 0.336. The van der Waals surface area contributed by atoms with Gasteiger partial charge in [0.1, 0.15) is 0 Å². The second kappa shape index (κ2) is 6.89. The molecule has 108 valence electrons. The number of hydrogen-bond acceptors (Lipinski definition) is 5. The summed E-state index contributed by atoms with van der Waals surface area (Å²) in [5.41, 5.74) is 0. The van der Waals surface area contributed by atoms with Crippen LogP contribution in [0.3, 0.4) is 0 Å². The maximum atomic E-state index is 6.02. The lowest BCUT2D eigenvalue weighted by Crippen LogP contribution is -2.35. The largest absolute Gasteiger partial charge is 0.341 e. The topological polar surface area (TPSA) is 45.2 Å². The second-order valence-corrected chi connectivity index (χ2v) is 5.31. The van der Waals surface area contributed by atoms with E-state index in [0.29, 0.717) is 23.9 Å². The van der Waals surface area contributed by atoms with E-state index in [-0.39, 0.29) is 5.28 Å². The fourth-order valence-corrected chi connectivity index (χ4v) is 1.92. The van der Waals surface area contributed by atoms with Gasteiger partial charge < -0.3 is 9.80 Å². The monoisotopic (exact) mass is 285 g/mol. The van der Waals surface area contributed by atoms with Crippen molar-refractivity contribution < 1.29 is 0 Å². The number of hydrogen-bond donors (Lipinski definition) is 0. The zero-order valence-corrected chi connectivity index (χ0v) is 13.4. The van der Waals surface area contributed by atoms with Crippen LogP contribution in [0.15, 0.2) is 0 Å². The Balaban J connectivity index is 3.08. The molecular formula is C13H24ClN5. The number of aromatic nitrogens is 3. The van der Waals surface area contributed by atoms with Gasteiger partial charge in [-0.05, 0) is 38.3 Å². The summed E-state index contributed by atoms with van der Waals surface area (Å²) in [4.78, 5) is 17.1. The van der Waals surface area contributed by atoms with Gasteiger partial charge in [-0.2, -0.15) is 15.0 Å². The zero-order valence-electron chi connectivity index (χ0n) is 12.7. The van der Waals surface area contributed by atoms with E-state index in [1.54, 1.807) is 0 Å². The Bertz CT molecular complexity index is 406. The van der Waals surface area contributed by atoms with Gasteiger partial charge in [0.05, 0.1) is 0 Å². The molecule has 0 saturated heterocycles. The minimum absolute atomic E-state index is 0.245. The maximum Gasteiger partial charge on any atom is 0.231 e. The number of rotatable bonds is 6. The Labute approximate surface area is 121 Å². The Kier molecular flexibility index (Phi) is 5.79. The van der Waals surface area contributed by atoms with E-state index in [1.165, 1.54) is 0 Å². The molecule has 1 unspecified atom stereocenters. The van der Waals surface area contributed by atoms with Crippen molar-refractivity contribution in [2.75, 3.05) is 29.9 Å². The van der Waals surface area contributed by atoms with Crippen molar-refractivity contribution in [2.24, 2.45) is 5.92 Å². The molecule has 0 aliphatic carbocycles. The standard InChI is InChI=1S/C13H24ClN5/c1-7-19(8-2)13-16-11(14)15-12(17-13)18(6)10(5)9(3)4/h9-10H,7-8H2,1-6H3. The van der Waals surface area contributed by atoms with Crippen LogP contribution < -0.4 is 9.80 Å². The predicted octanol–water partition coefficient (Wildman–Crippen LogP) is 2.85. The van der Waals surface area contributed by atoms with E-state index >= 15 is 0 Å². The van der Waals surface area contributed by atoms with Crippen LogP contribution in [0, 0.1) is 5.92 Å². The van der Waals surface area contributed by atoms with Crippen LogP contribution in [0.25, 0.3) is 0 Å². The highest BCUT2D eigenvalue weighted by molar-refractivity contribution is 6.28. The Hall–Kier alpha value is -1.10. The van der Waals surface area contributed by atoms with Crippen LogP contribution >= 0.6 is 11.6 Å². The average Bonchev–Trinajstić information content (AvgIpc) is 2.37. The van der Waals surface area contributed by atoms with Gasteiger partial charge in [-0.3, -0.25) is 0 Å². The summed E-state index contributed by atoms with van der Waals surface area (Å²) in [5.74, 6) is 1.78. The summed E-state index contributed by atoms with van der Waals surface area (Å²) in [5, 5.41) is 0.245. The van der Waals surface area contributed by atoms with Crippen molar-refractivity contribution in [3.05, 3.63) is 5.28 Å². The van der Waals surface area contributed by atoms with Crippen molar-refractivity contribution in [1.29, 1.82) is 0 Å². The molecular weight excluding hydrogens is 262 g/mol. The third-order valence-corrected chi connectivity index (χ3v) is 3.69. The summed E-state index contributed by atoms with van der Waals surface area (Å²) in [6.07, 6.45) is 0.